The van der Waals surface area contributed by atoms with Crippen molar-refractivity contribution in [2.45, 2.75) is 37.8 Å². The molecule has 0 amide bonds. The molecule has 4 heteroatoms. The van der Waals surface area contributed by atoms with E-state index in [0.29, 0.717) is 0 Å². The summed E-state index contributed by atoms with van der Waals surface area (Å²) in [5, 5.41) is 0. The predicted molar refractivity (Wildman–Crippen MR) is 115 cm³/mol. The lowest BCUT2D eigenvalue weighted by Crippen LogP contribution is -2.19. The minimum Gasteiger partial charge on any atom is -0.457 e. The molecule has 0 saturated carbocycles. The van der Waals surface area contributed by atoms with Crippen LogP contribution in [-0.2, 0) is 18.0 Å². The van der Waals surface area contributed by atoms with E-state index in [9.17, 15) is 13.2 Å². The molecule has 0 heterocycles. The Kier molecular flexibility index (Phi) is 6.66. The first-order valence-corrected chi connectivity index (χ1v) is 9.93. The van der Waals surface area contributed by atoms with E-state index in [1.54, 1.807) is 12.1 Å². The summed E-state index contributed by atoms with van der Waals surface area (Å²) < 4.78 is 44.4. The molecule has 0 aliphatic carbocycles. The van der Waals surface area contributed by atoms with Gasteiger partial charge in [0.15, 0.2) is 0 Å². The number of hydrogen-bond donors (Lipinski definition) is 0. The molecule has 0 bridgehead atoms. The molecular formula is C26H25F3O. The van der Waals surface area contributed by atoms with Gasteiger partial charge in [-0.05, 0) is 66.8 Å². The lowest BCUT2D eigenvalue weighted by Gasteiger charge is -2.27. The van der Waals surface area contributed by atoms with Crippen LogP contribution in [0.5, 0.6) is 11.5 Å². The fourth-order valence-electron chi connectivity index (χ4n) is 3.45. The molecule has 0 radical (unpaired) electrons. The van der Waals surface area contributed by atoms with E-state index in [4.69, 9.17) is 4.74 Å². The van der Waals surface area contributed by atoms with Gasteiger partial charge in [-0.25, -0.2) is 0 Å². The molecule has 0 N–H and O–H groups in total. The van der Waals surface area contributed by atoms with Gasteiger partial charge < -0.3 is 4.74 Å². The number of aryl methyl sites for hydroxylation is 1. The Balaban J connectivity index is 1.63. The van der Waals surface area contributed by atoms with E-state index in [0.717, 1.165) is 54.0 Å². The molecule has 3 aromatic carbocycles. The van der Waals surface area contributed by atoms with Crippen molar-refractivity contribution in [2.24, 2.45) is 0 Å². The van der Waals surface area contributed by atoms with Crippen LogP contribution in [0.15, 0.2) is 91.5 Å². The Labute approximate surface area is 175 Å². The summed E-state index contributed by atoms with van der Waals surface area (Å²) in [5.41, 5.74) is 0.976. The SMILES string of the molecule is C=CC(C)(CCCc1cccc(Oc2ccccc2)c1)c1ccc(C(F)(F)F)cc1. The summed E-state index contributed by atoms with van der Waals surface area (Å²) in [4.78, 5) is 0. The second-order valence-electron chi connectivity index (χ2n) is 7.61. The van der Waals surface area contributed by atoms with E-state index in [1.165, 1.54) is 0 Å². The Morgan fingerprint density at radius 3 is 2.10 bits per heavy atom. The second-order valence-corrected chi connectivity index (χ2v) is 7.61. The van der Waals surface area contributed by atoms with Crippen molar-refractivity contribution in [2.75, 3.05) is 0 Å². The van der Waals surface area contributed by atoms with Gasteiger partial charge >= 0.3 is 6.18 Å². The third-order valence-electron chi connectivity index (χ3n) is 5.36. The molecule has 30 heavy (non-hydrogen) atoms. The summed E-state index contributed by atoms with van der Waals surface area (Å²) in [6.45, 7) is 5.94. The van der Waals surface area contributed by atoms with E-state index in [-0.39, 0.29) is 5.41 Å². The van der Waals surface area contributed by atoms with E-state index in [2.05, 4.69) is 12.6 Å². The fraction of sp³-hybridized carbons (Fsp3) is 0.231. The maximum atomic E-state index is 12.8. The van der Waals surface area contributed by atoms with Crippen molar-refractivity contribution >= 4 is 0 Å². The molecular weight excluding hydrogens is 385 g/mol. The largest absolute Gasteiger partial charge is 0.457 e. The number of rotatable bonds is 8. The topological polar surface area (TPSA) is 9.23 Å². The first kappa shape index (κ1) is 21.7. The number of ether oxygens (including phenoxy) is 1. The lowest BCUT2D eigenvalue weighted by molar-refractivity contribution is -0.137. The molecule has 0 spiro atoms. The maximum Gasteiger partial charge on any atom is 0.416 e. The molecule has 1 unspecified atom stereocenters. The van der Waals surface area contributed by atoms with Crippen LogP contribution in [0.25, 0.3) is 0 Å². The smallest absolute Gasteiger partial charge is 0.416 e. The summed E-state index contributed by atoms with van der Waals surface area (Å²) in [6.07, 6.45) is 0.000497. The average Bonchev–Trinajstić information content (AvgIpc) is 2.74. The van der Waals surface area contributed by atoms with Crippen molar-refractivity contribution < 1.29 is 17.9 Å². The van der Waals surface area contributed by atoms with E-state index >= 15 is 0 Å². The number of hydrogen-bond acceptors (Lipinski definition) is 1. The van der Waals surface area contributed by atoms with Crippen LogP contribution in [0.1, 0.15) is 36.5 Å². The van der Waals surface area contributed by atoms with Crippen molar-refractivity contribution in [1.29, 1.82) is 0 Å². The maximum absolute atomic E-state index is 12.8. The van der Waals surface area contributed by atoms with Crippen molar-refractivity contribution in [3.8, 4) is 11.5 Å². The van der Waals surface area contributed by atoms with Gasteiger partial charge in [-0.15, -0.1) is 6.58 Å². The first-order chi connectivity index (χ1) is 14.3. The lowest BCUT2D eigenvalue weighted by atomic mass is 9.78. The highest BCUT2D eigenvalue weighted by atomic mass is 19.4. The standard InChI is InChI=1S/C26H25F3O/c1-3-25(2,21-14-16-22(17-15-21)26(27,28)29)18-8-10-20-9-7-13-24(19-20)30-23-11-5-4-6-12-23/h3-7,9,11-17,19H,1,8,10,18H2,2H3. The second kappa shape index (κ2) is 9.21. The molecule has 3 rings (SSSR count). The van der Waals surface area contributed by atoms with Crippen LogP contribution in [-0.4, -0.2) is 0 Å². The zero-order chi connectivity index (χ0) is 21.6. The van der Waals surface area contributed by atoms with Crippen molar-refractivity contribution in [3.63, 3.8) is 0 Å². The summed E-state index contributed by atoms with van der Waals surface area (Å²) in [5.74, 6) is 1.57. The zero-order valence-corrected chi connectivity index (χ0v) is 17.0. The van der Waals surface area contributed by atoms with Gasteiger partial charge in [-0.3, -0.25) is 0 Å². The number of benzene rings is 3. The highest BCUT2D eigenvalue weighted by molar-refractivity contribution is 5.35. The molecule has 3 aromatic rings. The Hall–Kier alpha value is -3.01. The predicted octanol–water partition coefficient (Wildman–Crippen LogP) is 7.96. The van der Waals surface area contributed by atoms with Crippen LogP contribution >= 0.6 is 0 Å². The van der Waals surface area contributed by atoms with Crippen LogP contribution < -0.4 is 4.74 Å². The number of alkyl halides is 3. The molecule has 156 valence electrons. The van der Waals surface area contributed by atoms with Gasteiger partial charge in [0.1, 0.15) is 11.5 Å². The zero-order valence-electron chi connectivity index (χ0n) is 17.0. The van der Waals surface area contributed by atoms with Gasteiger partial charge in [0.05, 0.1) is 5.56 Å². The van der Waals surface area contributed by atoms with Crippen LogP contribution in [0.4, 0.5) is 13.2 Å². The minimum absolute atomic E-state index is 0.387. The summed E-state index contributed by atoms with van der Waals surface area (Å²) in [7, 11) is 0. The highest BCUT2D eigenvalue weighted by Crippen LogP contribution is 2.34. The van der Waals surface area contributed by atoms with Crippen molar-refractivity contribution in [3.05, 3.63) is 108 Å². The third kappa shape index (κ3) is 5.53. The van der Waals surface area contributed by atoms with Gasteiger partial charge in [-0.2, -0.15) is 13.2 Å². The van der Waals surface area contributed by atoms with Crippen LogP contribution in [0.2, 0.25) is 0 Å². The fourth-order valence-corrected chi connectivity index (χ4v) is 3.45. The van der Waals surface area contributed by atoms with Gasteiger partial charge in [0.2, 0.25) is 0 Å². The minimum atomic E-state index is -4.32. The quantitative estimate of drug-likeness (QED) is 0.342. The van der Waals surface area contributed by atoms with E-state index in [1.807, 2.05) is 61.5 Å². The number of halogens is 3. The van der Waals surface area contributed by atoms with Crippen LogP contribution in [0.3, 0.4) is 0 Å². The molecule has 1 atom stereocenters. The Morgan fingerprint density at radius 1 is 0.833 bits per heavy atom. The summed E-state index contributed by atoms with van der Waals surface area (Å²) in [6, 6.07) is 23.0. The highest BCUT2D eigenvalue weighted by Gasteiger charge is 2.31. The van der Waals surface area contributed by atoms with E-state index < -0.39 is 11.7 Å². The first-order valence-electron chi connectivity index (χ1n) is 9.93. The Morgan fingerprint density at radius 2 is 1.47 bits per heavy atom. The van der Waals surface area contributed by atoms with Crippen molar-refractivity contribution in [1.82, 2.24) is 0 Å². The van der Waals surface area contributed by atoms with Gasteiger partial charge in [0, 0.05) is 5.41 Å². The van der Waals surface area contributed by atoms with Crippen LogP contribution in [0, 0.1) is 0 Å². The molecule has 0 saturated heterocycles. The average molecular weight is 410 g/mol. The Bertz CT molecular complexity index is 962. The molecule has 0 aliphatic rings. The summed E-state index contributed by atoms with van der Waals surface area (Å²) >= 11 is 0. The number of para-hydroxylation sites is 1. The molecule has 1 nitrogen and oxygen atoms in total. The number of allylic oxidation sites excluding steroid dienone is 1. The molecule has 0 aromatic heterocycles. The normalized spacial score (nSPS) is 13.5. The third-order valence-corrected chi connectivity index (χ3v) is 5.36. The van der Waals surface area contributed by atoms with Gasteiger partial charge in [0.25, 0.3) is 0 Å². The molecule has 0 aliphatic heterocycles. The monoisotopic (exact) mass is 410 g/mol. The van der Waals surface area contributed by atoms with Gasteiger partial charge in [-0.1, -0.05) is 55.5 Å². The molecule has 0 fully saturated rings.